The van der Waals surface area contributed by atoms with Gasteiger partial charge in [-0.3, -0.25) is 4.79 Å². The van der Waals surface area contributed by atoms with Gasteiger partial charge in [0.1, 0.15) is 0 Å². The third kappa shape index (κ3) is 3.11. The van der Waals surface area contributed by atoms with Crippen LogP contribution in [0.15, 0.2) is 0 Å². The minimum Gasteiger partial charge on any atom is -0.392 e. The maximum absolute atomic E-state index is 12.2. The van der Waals surface area contributed by atoms with Crippen LogP contribution in [0.2, 0.25) is 0 Å². The Balaban J connectivity index is 5.38. The number of hydrogen-bond donors (Lipinski definition) is 0. The molecule has 0 spiro atoms. The van der Waals surface area contributed by atoms with Gasteiger partial charge >= 0.3 is 28.6 Å². The Morgan fingerprint density at radius 3 is 1.65 bits per heavy atom. The summed E-state index contributed by atoms with van der Waals surface area (Å²) in [5, 5.41) is 0. The second kappa shape index (κ2) is 4.83. The van der Waals surface area contributed by atoms with Crippen molar-refractivity contribution in [2.24, 2.45) is 0 Å². The van der Waals surface area contributed by atoms with Crippen LogP contribution in [0.25, 0.3) is 0 Å². The van der Waals surface area contributed by atoms with Gasteiger partial charge in [0.2, 0.25) is 0 Å². The van der Waals surface area contributed by atoms with Gasteiger partial charge in [-0.25, -0.2) is 4.79 Å². The Morgan fingerprint density at radius 1 is 1.06 bits per heavy atom. The molecule has 0 heterocycles. The lowest BCUT2D eigenvalue weighted by atomic mass is 10.1. The van der Waals surface area contributed by atoms with Crippen LogP contribution in [-0.2, 0) is 14.3 Å². The Hall–Kier alpha value is -0.800. The molecule has 0 saturated heterocycles. The van der Waals surface area contributed by atoms with Gasteiger partial charge in [-0.1, -0.05) is 22.9 Å². The minimum absolute atomic E-state index is 0.537. The first-order chi connectivity index (χ1) is 7.38. The summed E-state index contributed by atoms with van der Waals surface area (Å²) in [7, 11) is 0. The first-order valence-corrected chi connectivity index (χ1v) is 4.74. The first-order valence-electron chi connectivity index (χ1n) is 3.95. The highest BCUT2D eigenvalue weighted by molar-refractivity contribution is 9.10. The number of halogens is 7. The molecule has 0 aromatic rings. The van der Waals surface area contributed by atoms with Gasteiger partial charge in [0.05, 0.1) is 0 Å². The molecule has 0 unspecified atom stereocenters. The summed E-state index contributed by atoms with van der Waals surface area (Å²) in [6.07, 6.45) is -12.5. The zero-order valence-corrected chi connectivity index (χ0v) is 9.66. The normalized spacial score (nSPS) is 13.4. The van der Waals surface area contributed by atoms with Crippen LogP contribution in [0.3, 0.4) is 0 Å². The molecule has 3 nitrogen and oxygen atoms in total. The van der Waals surface area contributed by atoms with Gasteiger partial charge < -0.3 is 4.74 Å². The molecule has 0 saturated carbocycles. The van der Waals surface area contributed by atoms with Crippen LogP contribution in [0.1, 0.15) is 13.3 Å². The Bertz CT molecular complexity index is 307. The monoisotopic (exact) mass is 330 g/mol. The Labute approximate surface area is 99.2 Å². The molecule has 100 valence electrons. The molecule has 0 fully saturated rings. The summed E-state index contributed by atoms with van der Waals surface area (Å²) < 4.78 is 71.9. The average Bonchev–Trinajstić information content (AvgIpc) is 2.12. The summed E-state index contributed by atoms with van der Waals surface area (Å²) in [6.45, 7) is 1.10. The predicted molar refractivity (Wildman–Crippen MR) is 45.2 cm³/mol. The van der Waals surface area contributed by atoms with Gasteiger partial charge in [0.15, 0.2) is 0 Å². The zero-order valence-electron chi connectivity index (χ0n) is 8.08. The molecule has 10 heteroatoms. The van der Waals surface area contributed by atoms with Crippen molar-refractivity contribution in [3.63, 3.8) is 0 Å². The third-order valence-electron chi connectivity index (χ3n) is 1.56. The summed E-state index contributed by atoms with van der Waals surface area (Å²) in [4.78, 5) is 21.3. The van der Waals surface area contributed by atoms with Crippen molar-refractivity contribution in [2.75, 3.05) is 0 Å². The molecule has 17 heavy (non-hydrogen) atoms. The lowest BCUT2D eigenvalue weighted by Gasteiger charge is -2.29. The SMILES string of the molecule is CCC(=O)OC(=O)C(Br)(C(F)(F)F)C(F)(F)F. The van der Waals surface area contributed by atoms with Gasteiger partial charge in [-0.05, 0) is 0 Å². The van der Waals surface area contributed by atoms with Crippen LogP contribution in [0, 0.1) is 0 Å². The highest BCUT2D eigenvalue weighted by Crippen LogP contribution is 2.50. The summed E-state index contributed by atoms with van der Waals surface area (Å²) in [5.41, 5.74) is 0. The smallest absolute Gasteiger partial charge is 0.392 e. The van der Waals surface area contributed by atoms with Crippen LogP contribution >= 0.6 is 15.9 Å². The number of ether oxygens (including phenoxy) is 1. The van der Waals surface area contributed by atoms with E-state index in [9.17, 15) is 35.9 Å². The fraction of sp³-hybridized carbons (Fsp3) is 0.714. The second-order valence-electron chi connectivity index (χ2n) is 2.77. The molecular weight excluding hydrogens is 326 g/mol. The van der Waals surface area contributed by atoms with Crippen molar-refractivity contribution >= 4 is 27.9 Å². The molecule has 0 atom stereocenters. The van der Waals surface area contributed by atoms with E-state index >= 15 is 0 Å². The molecule has 0 aliphatic heterocycles. The third-order valence-corrected chi connectivity index (χ3v) is 2.78. The van der Waals surface area contributed by atoms with Gasteiger partial charge in [0.25, 0.3) is 0 Å². The molecule has 0 N–H and O–H groups in total. The fourth-order valence-corrected chi connectivity index (χ4v) is 0.719. The van der Waals surface area contributed by atoms with Crippen molar-refractivity contribution in [1.29, 1.82) is 0 Å². The number of esters is 2. The fourth-order valence-electron chi connectivity index (χ4n) is 0.638. The van der Waals surface area contributed by atoms with Crippen LogP contribution in [-0.4, -0.2) is 28.6 Å². The molecule has 0 amide bonds. The lowest BCUT2D eigenvalue weighted by Crippen LogP contribution is -2.58. The average molecular weight is 331 g/mol. The van der Waals surface area contributed by atoms with Gasteiger partial charge in [0, 0.05) is 6.42 Å². The molecular formula is C7H5BrF6O3. The summed E-state index contributed by atoms with van der Waals surface area (Å²) in [6, 6.07) is 0. The number of alkyl halides is 7. The van der Waals surface area contributed by atoms with E-state index in [2.05, 4.69) is 4.74 Å². The number of carbonyl (C=O) groups is 2. The molecule has 0 bridgehead atoms. The summed E-state index contributed by atoms with van der Waals surface area (Å²) >= 11 is 1.27. The number of hydrogen-bond acceptors (Lipinski definition) is 3. The van der Waals surface area contributed by atoms with E-state index in [1.165, 1.54) is 15.9 Å². The first kappa shape index (κ1) is 16.2. The van der Waals surface area contributed by atoms with Crippen molar-refractivity contribution < 1.29 is 40.7 Å². The van der Waals surface area contributed by atoms with Crippen LogP contribution < -0.4 is 0 Å². The summed E-state index contributed by atoms with van der Waals surface area (Å²) in [5.74, 6) is -4.25. The quantitative estimate of drug-likeness (QED) is 0.338. The van der Waals surface area contributed by atoms with E-state index in [-0.39, 0.29) is 0 Å². The Kier molecular flexibility index (Phi) is 4.60. The molecule has 0 radical (unpaired) electrons. The molecule has 0 aromatic carbocycles. The molecule has 0 rings (SSSR count). The second-order valence-corrected chi connectivity index (χ2v) is 3.96. The van der Waals surface area contributed by atoms with E-state index in [0.29, 0.717) is 0 Å². The maximum Gasteiger partial charge on any atom is 0.423 e. The molecule has 0 aliphatic rings. The van der Waals surface area contributed by atoms with Crippen LogP contribution in [0.5, 0.6) is 0 Å². The minimum atomic E-state index is -5.99. The van der Waals surface area contributed by atoms with Crippen LogP contribution in [0.4, 0.5) is 26.3 Å². The van der Waals surface area contributed by atoms with Crippen molar-refractivity contribution in [3.8, 4) is 0 Å². The van der Waals surface area contributed by atoms with E-state index in [1.807, 2.05) is 0 Å². The largest absolute Gasteiger partial charge is 0.423 e. The highest BCUT2D eigenvalue weighted by Gasteiger charge is 2.76. The van der Waals surface area contributed by atoms with Crippen molar-refractivity contribution in [1.82, 2.24) is 0 Å². The number of carbonyl (C=O) groups excluding carboxylic acids is 2. The molecule has 0 aromatic heterocycles. The predicted octanol–water partition coefficient (Wildman–Crippen LogP) is 2.72. The van der Waals surface area contributed by atoms with Crippen molar-refractivity contribution in [2.45, 2.75) is 30.0 Å². The van der Waals surface area contributed by atoms with Gasteiger partial charge in [-0.2, -0.15) is 26.3 Å². The topological polar surface area (TPSA) is 43.4 Å². The van der Waals surface area contributed by atoms with Gasteiger partial charge in [-0.15, -0.1) is 0 Å². The molecule has 0 aliphatic carbocycles. The van der Waals surface area contributed by atoms with E-state index < -0.39 is 35.0 Å². The van der Waals surface area contributed by atoms with E-state index in [1.54, 1.807) is 0 Å². The standard InChI is InChI=1S/C7H5BrF6O3/c1-2-3(15)17-4(16)5(8,6(9,10)11)7(12,13)14/h2H2,1H3. The zero-order chi connectivity index (χ0) is 14.1. The van der Waals surface area contributed by atoms with E-state index in [0.717, 1.165) is 6.92 Å². The highest BCUT2D eigenvalue weighted by atomic mass is 79.9. The Morgan fingerprint density at radius 2 is 1.41 bits per heavy atom. The number of rotatable bonds is 2. The van der Waals surface area contributed by atoms with Crippen molar-refractivity contribution in [3.05, 3.63) is 0 Å². The van der Waals surface area contributed by atoms with E-state index in [4.69, 9.17) is 0 Å². The maximum atomic E-state index is 12.2. The lowest BCUT2D eigenvalue weighted by molar-refractivity contribution is -0.261.